The van der Waals surface area contributed by atoms with Gasteiger partial charge < -0.3 is 4.74 Å². The maximum atomic E-state index is 13.4. The standard InChI is InChI=1S/C17H17FN2O/c1-20(11-13-3-5-17(21-2)6-4-13)12-15-7-14(10-19)8-16(18)9-15/h3-9H,11-12H2,1-2H3. The molecule has 2 rings (SSSR count). The van der Waals surface area contributed by atoms with Crippen LogP contribution >= 0.6 is 0 Å². The largest absolute Gasteiger partial charge is 0.497 e. The zero-order valence-electron chi connectivity index (χ0n) is 12.1. The van der Waals surface area contributed by atoms with Crippen molar-refractivity contribution in [1.82, 2.24) is 4.90 Å². The molecule has 0 amide bonds. The number of nitrogens with zero attached hydrogens (tertiary/aromatic N) is 2. The molecule has 0 saturated carbocycles. The van der Waals surface area contributed by atoms with Crippen molar-refractivity contribution in [3.05, 3.63) is 65.0 Å². The highest BCUT2D eigenvalue weighted by Gasteiger charge is 2.05. The first-order valence-electron chi connectivity index (χ1n) is 6.62. The number of hydrogen-bond acceptors (Lipinski definition) is 3. The number of halogens is 1. The lowest BCUT2D eigenvalue weighted by Crippen LogP contribution is -2.17. The van der Waals surface area contributed by atoms with Gasteiger partial charge in [-0.3, -0.25) is 4.90 Å². The van der Waals surface area contributed by atoms with E-state index in [9.17, 15) is 4.39 Å². The highest BCUT2D eigenvalue weighted by Crippen LogP contribution is 2.15. The average molecular weight is 284 g/mol. The smallest absolute Gasteiger partial charge is 0.124 e. The fraction of sp³-hybridized carbons (Fsp3) is 0.235. The third-order valence-electron chi connectivity index (χ3n) is 3.15. The minimum Gasteiger partial charge on any atom is -0.497 e. The molecule has 0 N–H and O–H groups in total. The van der Waals surface area contributed by atoms with Gasteiger partial charge in [-0.2, -0.15) is 5.26 Å². The monoisotopic (exact) mass is 284 g/mol. The Morgan fingerprint density at radius 2 is 1.76 bits per heavy atom. The molecule has 2 aromatic carbocycles. The second kappa shape index (κ2) is 6.87. The molecule has 0 heterocycles. The fourth-order valence-corrected chi connectivity index (χ4v) is 2.22. The van der Waals surface area contributed by atoms with Crippen LogP contribution in [0.1, 0.15) is 16.7 Å². The van der Waals surface area contributed by atoms with Crippen LogP contribution in [0, 0.1) is 17.1 Å². The number of hydrogen-bond donors (Lipinski definition) is 0. The number of benzene rings is 2. The topological polar surface area (TPSA) is 36.3 Å². The van der Waals surface area contributed by atoms with E-state index in [1.165, 1.54) is 12.1 Å². The van der Waals surface area contributed by atoms with Gasteiger partial charge in [-0.1, -0.05) is 12.1 Å². The molecule has 0 aliphatic carbocycles. The van der Waals surface area contributed by atoms with Gasteiger partial charge in [0.05, 0.1) is 18.7 Å². The summed E-state index contributed by atoms with van der Waals surface area (Å²) in [5, 5.41) is 8.86. The van der Waals surface area contributed by atoms with E-state index in [2.05, 4.69) is 4.90 Å². The van der Waals surface area contributed by atoms with Gasteiger partial charge in [0.15, 0.2) is 0 Å². The van der Waals surface area contributed by atoms with Crippen molar-refractivity contribution in [2.75, 3.05) is 14.2 Å². The number of ether oxygens (including phenoxy) is 1. The second-order valence-electron chi connectivity index (χ2n) is 4.98. The van der Waals surface area contributed by atoms with Crippen molar-refractivity contribution in [1.29, 1.82) is 5.26 Å². The zero-order valence-corrected chi connectivity index (χ0v) is 12.1. The Labute approximate surface area is 124 Å². The van der Waals surface area contributed by atoms with E-state index >= 15 is 0 Å². The summed E-state index contributed by atoms with van der Waals surface area (Å²) >= 11 is 0. The van der Waals surface area contributed by atoms with E-state index in [0.29, 0.717) is 12.1 Å². The number of nitriles is 1. The van der Waals surface area contributed by atoms with E-state index in [4.69, 9.17) is 10.00 Å². The molecule has 0 aliphatic rings. The van der Waals surface area contributed by atoms with Crippen LogP contribution in [-0.2, 0) is 13.1 Å². The van der Waals surface area contributed by atoms with Crippen LogP contribution in [0.3, 0.4) is 0 Å². The predicted octanol–water partition coefficient (Wildman–Crippen LogP) is 3.34. The van der Waals surface area contributed by atoms with Crippen LogP contribution in [0.25, 0.3) is 0 Å². The minimum absolute atomic E-state index is 0.350. The van der Waals surface area contributed by atoms with Gasteiger partial charge in [0, 0.05) is 13.1 Å². The van der Waals surface area contributed by atoms with E-state index in [0.717, 1.165) is 23.4 Å². The third kappa shape index (κ3) is 4.30. The molecule has 0 aromatic heterocycles. The first-order valence-corrected chi connectivity index (χ1v) is 6.62. The Bertz CT molecular complexity index is 647. The lowest BCUT2D eigenvalue weighted by Gasteiger charge is -2.17. The second-order valence-corrected chi connectivity index (χ2v) is 4.98. The summed E-state index contributed by atoms with van der Waals surface area (Å²) < 4.78 is 18.5. The third-order valence-corrected chi connectivity index (χ3v) is 3.15. The predicted molar refractivity (Wildman–Crippen MR) is 79.3 cm³/mol. The summed E-state index contributed by atoms with van der Waals surface area (Å²) in [4.78, 5) is 2.07. The maximum Gasteiger partial charge on any atom is 0.124 e. The highest BCUT2D eigenvalue weighted by atomic mass is 19.1. The molecular formula is C17H17FN2O. The first-order chi connectivity index (χ1) is 10.1. The molecule has 0 fully saturated rings. The molecule has 0 bridgehead atoms. The van der Waals surface area contributed by atoms with Gasteiger partial charge in [0.25, 0.3) is 0 Å². The van der Waals surface area contributed by atoms with Crippen molar-refractivity contribution in [2.45, 2.75) is 13.1 Å². The molecule has 0 saturated heterocycles. The Hall–Kier alpha value is -2.38. The van der Waals surface area contributed by atoms with Gasteiger partial charge in [0.2, 0.25) is 0 Å². The highest BCUT2D eigenvalue weighted by molar-refractivity contribution is 5.33. The van der Waals surface area contributed by atoms with E-state index in [1.54, 1.807) is 13.2 Å². The zero-order chi connectivity index (χ0) is 15.2. The van der Waals surface area contributed by atoms with Crippen LogP contribution in [0.2, 0.25) is 0 Å². The Morgan fingerprint density at radius 1 is 1.10 bits per heavy atom. The van der Waals surface area contributed by atoms with E-state index in [1.807, 2.05) is 37.4 Å². The Kier molecular flexibility index (Phi) is 4.91. The van der Waals surface area contributed by atoms with Crippen molar-refractivity contribution in [3.8, 4) is 11.8 Å². The van der Waals surface area contributed by atoms with Crippen molar-refractivity contribution in [2.24, 2.45) is 0 Å². The van der Waals surface area contributed by atoms with Crippen molar-refractivity contribution >= 4 is 0 Å². The van der Waals surface area contributed by atoms with Crippen molar-refractivity contribution < 1.29 is 9.13 Å². The summed E-state index contributed by atoms with van der Waals surface area (Å²) in [7, 11) is 3.60. The Balaban J connectivity index is 2.02. The van der Waals surface area contributed by atoms with Gasteiger partial charge in [-0.05, 0) is 48.5 Å². The molecule has 21 heavy (non-hydrogen) atoms. The maximum absolute atomic E-state index is 13.4. The molecule has 108 valence electrons. The number of rotatable bonds is 5. The van der Waals surface area contributed by atoms with Crippen LogP contribution in [0.5, 0.6) is 5.75 Å². The lowest BCUT2D eigenvalue weighted by molar-refractivity contribution is 0.318. The molecule has 4 heteroatoms. The summed E-state index contributed by atoms with van der Waals surface area (Å²) in [6.07, 6.45) is 0. The lowest BCUT2D eigenvalue weighted by atomic mass is 10.1. The van der Waals surface area contributed by atoms with Gasteiger partial charge >= 0.3 is 0 Å². The number of methoxy groups -OCH3 is 1. The summed E-state index contributed by atoms with van der Waals surface area (Å²) in [5.41, 5.74) is 2.29. The Morgan fingerprint density at radius 3 is 2.38 bits per heavy atom. The molecular weight excluding hydrogens is 267 g/mol. The van der Waals surface area contributed by atoms with Gasteiger partial charge in [-0.25, -0.2) is 4.39 Å². The molecule has 0 atom stereocenters. The molecule has 0 unspecified atom stereocenters. The molecule has 3 nitrogen and oxygen atoms in total. The first kappa shape index (κ1) is 15.0. The van der Waals surface area contributed by atoms with Gasteiger partial charge in [-0.15, -0.1) is 0 Å². The quantitative estimate of drug-likeness (QED) is 0.845. The summed E-state index contributed by atoms with van der Waals surface area (Å²) in [6, 6.07) is 14.2. The van der Waals surface area contributed by atoms with Crippen LogP contribution < -0.4 is 4.74 Å². The van der Waals surface area contributed by atoms with E-state index in [-0.39, 0.29) is 5.82 Å². The average Bonchev–Trinajstić information content (AvgIpc) is 2.47. The molecule has 2 aromatic rings. The molecule has 0 spiro atoms. The van der Waals surface area contributed by atoms with Crippen LogP contribution in [-0.4, -0.2) is 19.1 Å². The van der Waals surface area contributed by atoms with Crippen LogP contribution in [0.4, 0.5) is 4.39 Å². The minimum atomic E-state index is -0.373. The van der Waals surface area contributed by atoms with Crippen molar-refractivity contribution in [3.63, 3.8) is 0 Å². The summed E-state index contributed by atoms with van der Waals surface area (Å²) in [5.74, 6) is 0.451. The van der Waals surface area contributed by atoms with E-state index < -0.39 is 0 Å². The summed E-state index contributed by atoms with van der Waals surface area (Å²) in [6.45, 7) is 1.32. The normalized spacial score (nSPS) is 10.4. The molecule has 0 radical (unpaired) electrons. The fourth-order valence-electron chi connectivity index (χ4n) is 2.22. The molecule has 0 aliphatic heterocycles. The SMILES string of the molecule is COc1ccc(CN(C)Cc2cc(F)cc(C#N)c2)cc1. The van der Waals surface area contributed by atoms with Gasteiger partial charge in [0.1, 0.15) is 11.6 Å². The van der Waals surface area contributed by atoms with Crippen LogP contribution in [0.15, 0.2) is 42.5 Å².